The number of H-pyrrole nitrogens is 1. The second-order valence-electron chi connectivity index (χ2n) is 3.91. The Morgan fingerprint density at radius 3 is 2.95 bits per heavy atom. The van der Waals surface area contributed by atoms with Crippen molar-refractivity contribution >= 4 is 22.6 Å². The number of aromatic amines is 1. The normalized spacial score (nSPS) is 10.5. The number of fused-ring (bicyclic) bond motifs is 1. The average molecular weight is 255 g/mol. The number of nitrogens with zero attached hydrogens (tertiary/aromatic N) is 1. The van der Waals surface area contributed by atoms with E-state index < -0.39 is 5.91 Å². The highest BCUT2D eigenvalue weighted by Gasteiger charge is 2.12. The third kappa shape index (κ3) is 2.11. The molecule has 2 aromatic heterocycles. The van der Waals surface area contributed by atoms with Gasteiger partial charge in [0.1, 0.15) is 5.58 Å². The fourth-order valence-electron chi connectivity index (χ4n) is 1.73. The van der Waals surface area contributed by atoms with Gasteiger partial charge in [0, 0.05) is 12.3 Å². The maximum absolute atomic E-state index is 11.9. The van der Waals surface area contributed by atoms with Crippen LogP contribution >= 0.6 is 0 Å². The first-order valence-electron chi connectivity index (χ1n) is 5.57. The van der Waals surface area contributed by atoms with E-state index in [-0.39, 0.29) is 11.2 Å². The summed E-state index contributed by atoms with van der Waals surface area (Å²) in [6.07, 6.45) is 2.98. The first-order chi connectivity index (χ1) is 9.24. The lowest BCUT2D eigenvalue weighted by atomic mass is 10.2. The number of anilines is 1. The quantitative estimate of drug-likeness (QED) is 0.730. The molecule has 0 atom stereocenters. The Morgan fingerprint density at radius 2 is 2.16 bits per heavy atom. The lowest BCUT2D eigenvalue weighted by molar-refractivity contribution is 0.0997. The number of hydrogen-bond acceptors (Lipinski definition) is 4. The van der Waals surface area contributed by atoms with Crippen LogP contribution in [0.25, 0.3) is 11.0 Å². The van der Waals surface area contributed by atoms with Gasteiger partial charge in [0.05, 0.1) is 17.3 Å². The Balaban J connectivity index is 2.01. The number of hydrogen-bond donors (Lipinski definition) is 2. The zero-order valence-electron chi connectivity index (χ0n) is 9.71. The van der Waals surface area contributed by atoms with E-state index in [0.717, 1.165) is 0 Å². The van der Waals surface area contributed by atoms with E-state index in [1.54, 1.807) is 24.3 Å². The summed E-state index contributed by atoms with van der Waals surface area (Å²) >= 11 is 0. The summed E-state index contributed by atoms with van der Waals surface area (Å²) in [5.74, 6) is -0.533. The van der Waals surface area contributed by atoms with Crippen LogP contribution in [0, 0.1) is 0 Å². The van der Waals surface area contributed by atoms with Crippen LogP contribution in [0.1, 0.15) is 10.6 Å². The zero-order valence-corrected chi connectivity index (χ0v) is 9.71. The van der Waals surface area contributed by atoms with E-state index in [4.69, 9.17) is 4.42 Å². The molecule has 3 aromatic rings. The SMILES string of the molecule is O=C(Nc1cn[nH]c1)c1cc(=O)c2ccccc2o1. The topological polar surface area (TPSA) is 88.0 Å². The molecule has 94 valence electrons. The molecular weight excluding hydrogens is 246 g/mol. The van der Waals surface area contributed by atoms with Gasteiger partial charge in [-0.1, -0.05) is 12.1 Å². The van der Waals surface area contributed by atoms with Gasteiger partial charge in [-0.2, -0.15) is 5.10 Å². The monoisotopic (exact) mass is 255 g/mol. The van der Waals surface area contributed by atoms with Crippen LogP contribution in [0.4, 0.5) is 5.69 Å². The number of carbonyl (C=O) groups is 1. The predicted molar refractivity (Wildman–Crippen MR) is 69.0 cm³/mol. The van der Waals surface area contributed by atoms with E-state index >= 15 is 0 Å². The zero-order chi connectivity index (χ0) is 13.2. The highest BCUT2D eigenvalue weighted by atomic mass is 16.3. The lowest BCUT2D eigenvalue weighted by Crippen LogP contribution is -2.14. The first-order valence-corrected chi connectivity index (χ1v) is 5.57. The average Bonchev–Trinajstić information content (AvgIpc) is 2.91. The number of benzene rings is 1. The summed E-state index contributed by atoms with van der Waals surface area (Å²) in [4.78, 5) is 23.8. The van der Waals surface area contributed by atoms with Crippen molar-refractivity contribution in [3.8, 4) is 0 Å². The van der Waals surface area contributed by atoms with Crippen molar-refractivity contribution in [1.29, 1.82) is 0 Å². The van der Waals surface area contributed by atoms with Gasteiger partial charge in [-0.25, -0.2) is 0 Å². The third-order valence-corrected chi connectivity index (χ3v) is 2.61. The predicted octanol–water partition coefficient (Wildman–Crippen LogP) is 1.77. The first kappa shape index (κ1) is 11.2. The molecule has 0 aliphatic rings. The Labute approximate surface area is 107 Å². The molecule has 2 N–H and O–H groups in total. The van der Waals surface area contributed by atoms with Crippen LogP contribution in [0.3, 0.4) is 0 Å². The molecule has 19 heavy (non-hydrogen) atoms. The molecule has 0 saturated heterocycles. The van der Waals surface area contributed by atoms with E-state index in [2.05, 4.69) is 15.5 Å². The molecule has 0 saturated carbocycles. The molecule has 6 heteroatoms. The minimum Gasteiger partial charge on any atom is -0.451 e. The summed E-state index contributed by atoms with van der Waals surface area (Å²) in [7, 11) is 0. The molecule has 2 heterocycles. The molecule has 6 nitrogen and oxygen atoms in total. The number of amides is 1. The summed E-state index contributed by atoms with van der Waals surface area (Å²) in [6, 6.07) is 7.95. The number of carbonyl (C=O) groups excluding carboxylic acids is 1. The number of nitrogens with one attached hydrogen (secondary N) is 2. The molecule has 0 unspecified atom stereocenters. The molecular formula is C13H9N3O3. The van der Waals surface area contributed by atoms with E-state index in [9.17, 15) is 9.59 Å². The second kappa shape index (κ2) is 4.41. The Morgan fingerprint density at radius 1 is 1.32 bits per heavy atom. The van der Waals surface area contributed by atoms with Crippen molar-refractivity contribution in [1.82, 2.24) is 10.2 Å². The number of aromatic nitrogens is 2. The summed E-state index contributed by atoms with van der Waals surface area (Å²) in [6.45, 7) is 0. The summed E-state index contributed by atoms with van der Waals surface area (Å²) in [5, 5.41) is 9.29. The van der Waals surface area contributed by atoms with Crippen molar-refractivity contribution in [2.24, 2.45) is 0 Å². The fourth-order valence-corrected chi connectivity index (χ4v) is 1.73. The van der Waals surface area contributed by atoms with Crippen molar-refractivity contribution in [2.45, 2.75) is 0 Å². The van der Waals surface area contributed by atoms with E-state index in [1.807, 2.05) is 0 Å². The highest BCUT2D eigenvalue weighted by Crippen LogP contribution is 2.13. The maximum atomic E-state index is 11.9. The van der Waals surface area contributed by atoms with Gasteiger partial charge in [-0.3, -0.25) is 14.7 Å². The van der Waals surface area contributed by atoms with Crippen LogP contribution in [0.2, 0.25) is 0 Å². The smallest absolute Gasteiger partial charge is 0.291 e. The van der Waals surface area contributed by atoms with Gasteiger partial charge < -0.3 is 9.73 Å². The van der Waals surface area contributed by atoms with Gasteiger partial charge in [0.25, 0.3) is 5.91 Å². The number of rotatable bonds is 2. The van der Waals surface area contributed by atoms with Gasteiger partial charge in [-0.05, 0) is 12.1 Å². The van der Waals surface area contributed by atoms with Crippen molar-refractivity contribution in [2.75, 3.05) is 5.32 Å². The molecule has 3 rings (SSSR count). The summed E-state index contributed by atoms with van der Waals surface area (Å²) in [5.41, 5.74) is 0.632. The molecule has 0 fully saturated rings. The maximum Gasteiger partial charge on any atom is 0.291 e. The molecule has 1 aromatic carbocycles. The summed E-state index contributed by atoms with van der Waals surface area (Å²) < 4.78 is 5.41. The van der Waals surface area contributed by atoms with Gasteiger partial charge in [-0.15, -0.1) is 0 Å². The Hall–Kier alpha value is -2.89. The van der Waals surface area contributed by atoms with Gasteiger partial charge >= 0.3 is 0 Å². The largest absolute Gasteiger partial charge is 0.451 e. The minimum atomic E-state index is -0.496. The minimum absolute atomic E-state index is 0.0371. The van der Waals surface area contributed by atoms with Gasteiger partial charge in [0.15, 0.2) is 11.2 Å². The molecule has 0 bridgehead atoms. The Kier molecular flexibility index (Phi) is 2.60. The molecule has 0 spiro atoms. The van der Waals surface area contributed by atoms with Crippen molar-refractivity contribution in [3.63, 3.8) is 0 Å². The molecule has 0 radical (unpaired) electrons. The van der Waals surface area contributed by atoms with Crippen LogP contribution in [-0.4, -0.2) is 16.1 Å². The molecule has 1 amide bonds. The van der Waals surface area contributed by atoms with Crippen molar-refractivity contribution in [3.05, 3.63) is 58.7 Å². The van der Waals surface area contributed by atoms with Crippen molar-refractivity contribution < 1.29 is 9.21 Å². The van der Waals surface area contributed by atoms with E-state index in [0.29, 0.717) is 16.7 Å². The molecule has 0 aliphatic carbocycles. The van der Waals surface area contributed by atoms with Crippen LogP contribution in [-0.2, 0) is 0 Å². The van der Waals surface area contributed by atoms with E-state index in [1.165, 1.54) is 18.5 Å². The van der Waals surface area contributed by atoms with Crippen LogP contribution in [0.5, 0.6) is 0 Å². The number of para-hydroxylation sites is 1. The van der Waals surface area contributed by atoms with Gasteiger partial charge in [0.2, 0.25) is 0 Å². The third-order valence-electron chi connectivity index (χ3n) is 2.61. The Bertz CT molecular complexity index is 790. The lowest BCUT2D eigenvalue weighted by Gasteiger charge is -2.02. The molecule has 0 aliphatic heterocycles. The second-order valence-corrected chi connectivity index (χ2v) is 3.91. The standard InChI is InChI=1S/C13H9N3O3/c17-10-5-12(13(18)16-8-6-14-15-7-8)19-11-4-2-1-3-9(10)11/h1-7H,(H,14,15)(H,16,18). The van der Waals surface area contributed by atoms with Crippen LogP contribution < -0.4 is 10.7 Å². The van der Waals surface area contributed by atoms with Crippen LogP contribution in [0.15, 0.2) is 51.9 Å². The fraction of sp³-hybridized carbons (Fsp3) is 0. The highest BCUT2D eigenvalue weighted by molar-refractivity contribution is 6.02.